The predicted molar refractivity (Wildman–Crippen MR) is 114 cm³/mol. The summed E-state index contributed by atoms with van der Waals surface area (Å²) >= 11 is 0. The Bertz CT molecular complexity index is 864. The molecule has 1 aromatic carbocycles. The molecule has 7 heteroatoms. The Balaban J connectivity index is 1.56. The first-order valence-corrected chi connectivity index (χ1v) is 10.6. The normalized spacial score (nSPS) is 21.8. The molecule has 2 aliphatic rings. The van der Waals surface area contributed by atoms with Crippen molar-refractivity contribution in [3.8, 4) is 11.5 Å². The van der Waals surface area contributed by atoms with Gasteiger partial charge in [-0.15, -0.1) is 0 Å². The minimum Gasteiger partial charge on any atom is -0.496 e. The zero-order chi connectivity index (χ0) is 21.1. The molecule has 0 radical (unpaired) electrons. The van der Waals surface area contributed by atoms with Crippen LogP contribution in [0.15, 0.2) is 30.6 Å². The standard InChI is InChI=1S/C23H30N4O3/c1-16-24-11-17(12-25-16)13-26-14-18-7-4-5-10-27(19(18)15-26)23(28)22-20(29-2)8-6-9-21(22)30-3/h6,8-9,11-12,18-19H,4-5,7,10,13-15H2,1-3H3/t18-,19+/m0/s1. The SMILES string of the molecule is COc1cccc(OC)c1C(=O)N1CCCC[C@H]2CN(Cc3cnc(C)nc3)C[C@H]21. The fraction of sp³-hybridized carbons (Fsp3) is 0.522. The van der Waals surface area contributed by atoms with Gasteiger partial charge >= 0.3 is 0 Å². The van der Waals surface area contributed by atoms with Crippen LogP contribution >= 0.6 is 0 Å². The van der Waals surface area contributed by atoms with E-state index in [0.717, 1.165) is 56.8 Å². The summed E-state index contributed by atoms with van der Waals surface area (Å²) in [5, 5.41) is 0. The van der Waals surface area contributed by atoms with E-state index < -0.39 is 0 Å². The molecule has 0 bridgehead atoms. The molecule has 2 aliphatic heterocycles. The molecule has 2 aromatic rings. The minimum atomic E-state index is 0.00159. The lowest BCUT2D eigenvalue weighted by Gasteiger charge is -2.31. The average Bonchev–Trinajstić information content (AvgIpc) is 3.05. The topological polar surface area (TPSA) is 67.8 Å². The van der Waals surface area contributed by atoms with Gasteiger partial charge in [0.25, 0.3) is 5.91 Å². The molecule has 7 nitrogen and oxygen atoms in total. The van der Waals surface area contributed by atoms with Gasteiger partial charge in [-0.25, -0.2) is 9.97 Å². The maximum absolute atomic E-state index is 13.7. The number of likely N-dealkylation sites (tertiary alicyclic amines) is 2. The molecule has 4 rings (SSSR count). The molecule has 1 amide bonds. The maximum atomic E-state index is 13.7. The van der Waals surface area contributed by atoms with Gasteiger partial charge < -0.3 is 14.4 Å². The highest BCUT2D eigenvalue weighted by Gasteiger charge is 2.41. The van der Waals surface area contributed by atoms with Crippen LogP contribution < -0.4 is 9.47 Å². The lowest BCUT2D eigenvalue weighted by Crippen LogP contribution is -2.44. The number of amides is 1. The molecular weight excluding hydrogens is 380 g/mol. The Morgan fingerprint density at radius 1 is 1.10 bits per heavy atom. The van der Waals surface area contributed by atoms with Crippen LogP contribution in [-0.4, -0.2) is 65.6 Å². The van der Waals surface area contributed by atoms with Crippen molar-refractivity contribution in [2.45, 2.75) is 38.8 Å². The second kappa shape index (κ2) is 9.00. The Morgan fingerprint density at radius 2 is 1.80 bits per heavy atom. The molecule has 3 heterocycles. The van der Waals surface area contributed by atoms with Crippen molar-refractivity contribution in [3.63, 3.8) is 0 Å². The molecule has 0 aliphatic carbocycles. The number of benzene rings is 1. The largest absolute Gasteiger partial charge is 0.496 e. The summed E-state index contributed by atoms with van der Waals surface area (Å²) in [4.78, 5) is 26.8. The Kier molecular flexibility index (Phi) is 6.18. The van der Waals surface area contributed by atoms with E-state index in [2.05, 4.69) is 19.8 Å². The van der Waals surface area contributed by atoms with E-state index in [1.807, 2.05) is 37.5 Å². The lowest BCUT2D eigenvalue weighted by atomic mass is 9.98. The number of aryl methyl sites for hydroxylation is 1. The molecule has 0 N–H and O–H groups in total. The summed E-state index contributed by atoms with van der Waals surface area (Å²) in [6, 6.07) is 5.69. The van der Waals surface area contributed by atoms with E-state index >= 15 is 0 Å². The number of hydrogen-bond donors (Lipinski definition) is 0. The molecule has 160 valence electrons. The smallest absolute Gasteiger partial charge is 0.261 e. The van der Waals surface area contributed by atoms with E-state index in [0.29, 0.717) is 23.0 Å². The molecule has 0 unspecified atom stereocenters. The number of rotatable bonds is 5. The number of carbonyl (C=O) groups is 1. The number of carbonyl (C=O) groups excluding carboxylic acids is 1. The first-order valence-electron chi connectivity index (χ1n) is 10.6. The van der Waals surface area contributed by atoms with Crippen molar-refractivity contribution < 1.29 is 14.3 Å². The van der Waals surface area contributed by atoms with Gasteiger partial charge in [0.1, 0.15) is 22.9 Å². The average molecular weight is 411 g/mol. The van der Waals surface area contributed by atoms with Crippen LogP contribution in [0.4, 0.5) is 0 Å². The first kappa shape index (κ1) is 20.6. The van der Waals surface area contributed by atoms with Crippen LogP contribution in [0.2, 0.25) is 0 Å². The third kappa shape index (κ3) is 4.12. The fourth-order valence-corrected chi connectivity index (χ4v) is 4.78. The second-order valence-electron chi connectivity index (χ2n) is 8.19. The number of methoxy groups -OCH3 is 2. The molecule has 2 atom stereocenters. The van der Waals surface area contributed by atoms with Crippen LogP contribution in [-0.2, 0) is 6.54 Å². The zero-order valence-corrected chi connectivity index (χ0v) is 18.0. The van der Waals surface area contributed by atoms with Gasteiger partial charge in [0.05, 0.1) is 14.2 Å². The summed E-state index contributed by atoms with van der Waals surface area (Å²) in [6.45, 7) is 5.33. The quantitative estimate of drug-likeness (QED) is 0.755. The second-order valence-corrected chi connectivity index (χ2v) is 8.19. The molecular formula is C23H30N4O3. The van der Waals surface area contributed by atoms with Crippen molar-refractivity contribution >= 4 is 5.91 Å². The van der Waals surface area contributed by atoms with Gasteiger partial charge in [-0.1, -0.05) is 12.5 Å². The molecule has 30 heavy (non-hydrogen) atoms. The Labute approximate surface area is 178 Å². The van der Waals surface area contributed by atoms with Crippen molar-refractivity contribution in [3.05, 3.63) is 47.5 Å². The zero-order valence-electron chi connectivity index (χ0n) is 18.0. The molecule has 2 fully saturated rings. The third-order valence-corrected chi connectivity index (χ3v) is 6.25. The summed E-state index contributed by atoms with van der Waals surface area (Å²) in [6.07, 6.45) is 7.13. The minimum absolute atomic E-state index is 0.00159. The van der Waals surface area contributed by atoms with Crippen molar-refractivity contribution in [1.82, 2.24) is 19.8 Å². The highest BCUT2D eigenvalue weighted by molar-refractivity contribution is 6.00. The number of aromatic nitrogens is 2. The van der Waals surface area contributed by atoms with E-state index in [1.54, 1.807) is 14.2 Å². The van der Waals surface area contributed by atoms with Gasteiger partial charge in [0.2, 0.25) is 0 Å². The van der Waals surface area contributed by atoms with E-state index in [4.69, 9.17) is 9.47 Å². The van der Waals surface area contributed by atoms with E-state index in [1.165, 1.54) is 0 Å². The number of ether oxygens (including phenoxy) is 2. The predicted octanol–water partition coefficient (Wildman–Crippen LogP) is 2.93. The maximum Gasteiger partial charge on any atom is 0.261 e. The lowest BCUT2D eigenvalue weighted by molar-refractivity contribution is 0.0656. The molecule has 1 aromatic heterocycles. The van der Waals surface area contributed by atoms with E-state index in [9.17, 15) is 4.79 Å². The summed E-state index contributed by atoms with van der Waals surface area (Å²) in [5.41, 5.74) is 1.63. The fourth-order valence-electron chi connectivity index (χ4n) is 4.78. The van der Waals surface area contributed by atoms with Crippen LogP contribution in [0.1, 0.15) is 41.0 Å². The highest BCUT2D eigenvalue weighted by atomic mass is 16.5. The van der Waals surface area contributed by atoms with Crippen molar-refractivity contribution in [1.29, 1.82) is 0 Å². The third-order valence-electron chi connectivity index (χ3n) is 6.25. The van der Waals surface area contributed by atoms with Gasteiger partial charge in [0, 0.05) is 50.2 Å². The van der Waals surface area contributed by atoms with E-state index in [-0.39, 0.29) is 11.9 Å². The summed E-state index contributed by atoms with van der Waals surface area (Å²) < 4.78 is 11.0. The van der Waals surface area contributed by atoms with Gasteiger partial charge in [0.15, 0.2) is 0 Å². The Morgan fingerprint density at radius 3 is 2.47 bits per heavy atom. The monoisotopic (exact) mass is 410 g/mol. The highest BCUT2D eigenvalue weighted by Crippen LogP contribution is 2.35. The van der Waals surface area contributed by atoms with Crippen LogP contribution in [0, 0.1) is 12.8 Å². The number of fused-ring (bicyclic) bond motifs is 1. The van der Waals surface area contributed by atoms with Gasteiger partial charge in [-0.2, -0.15) is 0 Å². The molecule has 0 saturated carbocycles. The summed E-state index contributed by atoms with van der Waals surface area (Å²) in [5.74, 6) is 2.39. The van der Waals surface area contributed by atoms with Crippen LogP contribution in [0.25, 0.3) is 0 Å². The molecule has 2 saturated heterocycles. The van der Waals surface area contributed by atoms with Crippen LogP contribution in [0.3, 0.4) is 0 Å². The molecule has 0 spiro atoms. The first-order chi connectivity index (χ1) is 14.6. The van der Waals surface area contributed by atoms with Crippen molar-refractivity contribution in [2.24, 2.45) is 5.92 Å². The Hall–Kier alpha value is -2.67. The van der Waals surface area contributed by atoms with Crippen LogP contribution in [0.5, 0.6) is 11.5 Å². The number of hydrogen-bond acceptors (Lipinski definition) is 6. The van der Waals surface area contributed by atoms with Gasteiger partial charge in [-0.3, -0.25) is 9.69 Å². The van der Waals surface area contributed by atoms with Gasteiger partial charge in [-0.05, 0) is 37.8 Å². The summed E-state index contributed by atoms with van der Waals surface area (Å²) in [7, 11) is 3.19. The van der Waals surface area contributed by atoms with Crippen molar-refractivity contribution in [2.75, 3.05) is 33.9 Å². The number of nitrogens with zero attached hydrogens (tertiary/aromatic N) is 4.